The number of rotatable bonds is 2. The van der Waals surface area contributed by atoms with Gasteiger partial charge in [0.15, 0.2) is 0 Å². The Kier molecular flexibility index (Phi) is 2.40. The lowest BCUT2D eigenvalue weighted by Crippen LogP contribution is -2.18. The van der Waals surface area contributed by atoms with Gasteiger partial charge in [-0.15, -0.1) is 0 Å². The molecule has 1 aliphatic carbocycles. The van der Waals surface area contributed by atoms with E-state index in [9.17, 15) is 4.79 Å². The van der Waals surface area contributed by atoms with E-state index >= 15 is 0 Å². The Hall–Kier alpha value is -1.86. The van der Waals surface area contributed by atoms with Crippen LogP contribution in [0.4, 0.5) is 5.69 Å². The summed E-state index contributed by atoms with van der Waals surface area (Å²) in [6, 6.07) is 8.85. The Bertz CT molecular complexity index is 436. The standard InChI is InChI=1S/C11H11N3O/c12-6-7-2-1-3-8(4-7)14-11(15)9-5-10(9)13/h1-4,9-10H,5,13H2,(H,14,15). The number of nitrogens with two attached hydrogens (primary N) is 1. The van der Waals surface area contributed by atoms with E-state index in [-0.39, 0.29) is 17.9 Å². The maximum atomic E-state index is 11.5. The number of nitrogens with one attached hydrogen (secondary N) is 1. The molecule has 0 radical (unpaired) electrons. The molecule has 2 rings (SSSR count). The largest absolute Gasteiger partial charge is 0.327 e. The number of carbonyl (C=O) groups excluding carboxylic acids is 1. The molecule has 1 saturated carbocycles. The molecule has 15 heavy (non-hydrogen) atoms. The van der Waals surface area contributed by atoms with Gasteiger partial charge in [-0.25, -0.2) is 0 Å². The van der Waals surface area contributed by atoms with Crippen LogP contribution < -0.4 is 11.1 Å². The molecule has 1 aliphatic rings. The van der Waals surface area contributed by atoms with Crippen molar-refractivity contribution in [2.24, 2.45) is 11.7 Å². The topological polar surface area (TPSA) is 78.9 Å². The highest BCUT2D eigenvalue weighted by molar-refractivity contribution is 5.95. The maximum Gasteiger partial charge on any atom is 0.229 e. The van der Waals surface area contributed by atoms with Gasteiger partial charge < -0.3 is 11.1 Å². The molecule has 3 N–H and O–H groups in total. The molecule has 1 aromatic carbocycles. The number of benzene rings is 1. The maximum absolute atomic E-state index is 11.5. The third-order valence-corrected chi connectivity index (χ3v) is 2.44. The monoisotopic (exact) mass is 201 g/mol. The molecule has 2 unspecified atom stereocenters. The second kappa shape index (κ2) is 3.71. The summed E-state index contributed by atoms with van der Waals surface area (Å²) in [5.74, 6) is -0.117. The van der Waals surface area contributed by atoms with Crippen LogP contribution >= 0.6 is 0 Å². The Morgan fingerprint density at radius 1 is 1.60 bits per heavy atom. The number of hydrogen-bond donors (Lipinski definition) is 2. The van der Waals surface area contributed by atoms with Crippen LogP contribution in [-0.4, -0.2) is 11.9 Å². The molecular formula is C11H11N3O. The third kappa shape index (κ3) is 2.14. The van der Waals surface area contributed by atoms with Gasteiger partial charge in [0.1, 0.15) is 0 Å². The van der Waals surface area contributed by atoms with Gasteiger partial charge in [-0.2, -0.15) is 5.26 Å². The van der Waals surface area contributed by atoms with E-state index in [1.54, 1.807) is 24.3 Å². The van der Waals surface area contributed by atoms with Crippen molar-refractivity contribution in [3.63, 3.8) is 0 Å². The smallest absolute Gasteiger partial charge is 0.229 e. The predicted octanol–water partition coefficient (Wildman–Crippen LogP) is 0.844. The highest BCUT2D eigenvalue weighted by Crippen LogP contribution is 2.29. The lowest BCUT2D eigenvalue weighted by molar-refractivity contribution is -0.117. The van der Waals surface area contributed by atoms with E-state index in [4.69, 9.17) is 11.0 Å². The fourth-order valence-corrected chi connectivity index (χ4v) is 1.42. The fourth-order valence-electron chi connectivity index (χ4n) is 1.42. The number of carbonyl (C=O) groups is 1. The summed E-state index contributed by atoms with van der Waals surface area (Å²) in [7, 11) is 0. The average Bonchev–Trinajstić information content (AvgIpc) is 2.96. The summed E-state index contributed by atoms with van der Waals surface area (Å²) in [5.41, 5.74) is 6.75. The van der Waals surface area contributed by atoms with Gasteiger partial charge in [0.25, 0.3) is 0 Å². The van der Waals surface area contributed by atoms with Crippen molar-refractivity contribution in [1.29, 1.82) is 5.26 Å². The van der Waals surface area contributed by atoms with Crippen LogP contribution in [0.2, 0.25) is 0 Å². The quantitative estimate of drug-likeness (QED) is 0.744. The van der Waals surface area contributed by atoms with E-state index in [0.29, 0.717) is 11.3 Å². The molecule has 76 valence electrons. The van der Waals surface area contributed by atoms with Gasteiger partial charge in [-0.1, -0.05) is 6.07 Å². The van der Waals surface area contributed by atoms with E-state index in [0.717, 1.165) is 6.42 Å². The van der Waals surface area contributed by atoms with Gasteiger partial charge in [-0.05, 0) is 24.6 Å². The molecule has 0 aliphatic heterocycles. The first kappa shape index (κ1) is 9.69. The molecule has 0 bridgehead atoms. The predicted molar refractivity (Wildman–Crippen MR) is 55.9 cm³/mol. The summed E-state index contributed by atoms with van der Waals surface area (Å²) in [6.07, 6.45) is 0.754. The summed E-state index contributed by atoms with van der Waals surface area (Å²) in [4.78, 5) is 11.5. The van der Waals surface area contributed by atoms with Crippen molar-refractivity contribution in [3.8, 4) is 6.07 Å². The zero-order chi connectivity index (χ0) is 10.8. The third-order valence-electron chi connectivity index (χ3n) is 2.44. The van der Waals surface area contributed by atoms with Crippen LogP contribution in [-0.2, 0) is 4.79 Å². The second-order valence-corrected chi connectivity index (χ2v) is 3.69. The normalized spacial score (nSPS) is 22.9. The highest BCUT2D eigenvalue weighted by Gasteiger charge is 2.39. The molecular weight excluding hydrogens is 190 g/mol. The van der Waals surface area contributed by atoms with E-state index in [1.165, 1.54) is 0 Å². The molecule has 1 fully saturated rings. The molecule has 1 aromatic rings. The molecule has 4 nitrogen and oxygen atoms in total. The van der Waals surface area contributed by atoms with Gasteiger partial charge in [-0.3, -0.25) is 4.79 Å². The van der Waals surface area contributed by atoms with E-state index < -0.39 is 0 Å². The zero-order valence-corrected chi connectivity index (χ0v) is 8.10. The first-order valence-electron chi connectivity index (χ1n) is 4.77. The van der Waals surface area contributed by atoms with Crippen molar-refractivity contribution in [3.05, 3.63) is 29.8 Å². The molecule has 4 heteroatoms. The number of anilines is 1. The molecule has 0 aromatic heterocycles. The van der Waals surface area contributed by atoms with Gasteiger partial charge in [0, 0.05) is 11.7 Å². The van der Waals surface area contributed by atoms with Gasteiger partial charge in [0.05, 0.1) is 17.6 Å². The van der Waals surface area contributed by atoms with Crippen LogP contribution in [0.15, 0.2) is 24.3 Å². The number of nitrogens with zero attached hydrogens (tertiary/aromatic N) is 1. The van der Waals surface area contributed by atoms with Crippen LogP contribution in [0, 0.1) is 17.2 Å². The number of nitriles is 1. The Morgan fingerprint density at radius 2 is 2.33 bits per heavy atom. The molecule has 2 atom stereocenters. The minimum Gasteiger partial charge on any atom is -0.327 e. The van der Waals surface area contributed by atoms with Crippen molar-refractivity contribution in [2.45, 2.75) is 12.5 Å². The molecule has 1 amide bonds. The lowest BCUT2D eigenvalue weighted by Gasteiger charge is -2.03. The van der Waals surface area contributed by atoms with E-state index in [1.807, 2.05) is 6.07 Å². The lowest BCUT2D eigenvalue weighted by atomic mass is 10.2. The molecule has 0 saturated heterocycles. The minimum atomic E-state index is -0.0595. The van der Waals surface area contributed by atoms with Crippen LogP contribution in [0.1, 0.15) is 12.0 Å². The van der Waals surface area contributed by atoms with Crippen LogP contribution in [0.5, 0.6) is 0 Å². The van der Waals surface area contributed by atoms with Gasteiger partial charge >= 0.3 is 0 Å². The summed E-state index contributed by atoms with van der Waals surface area (Å²) in [6.45, 7) is 0. The summed E-state index contributed by atoms with van der Waals surface area (Å²) >= 11 is 0. The van der Waals surface area contributed by atoms with Crippen LogP contribution in [0.3, 0.4) is 0 Å². The highest BCUT2D eigenvalue weighted by atomic mass is 16.2. The van der Waals surface area contributed by atoms with Crippen molar-refractivity contribution in [2.75, 3.05) is 5.32 Å². The molecule has 0 spiro atoms. The zero-order valence-electron chi connectivity index (χ0n) is 8.10. The number of amides is 1. The minimum absolute atomic E-state index is 0.00384. The van der Waals surface area contributed by atoms with Crippen molar-refractivity contribution in [1.82, 2.24) is 0 Å². The first-order valence-corrected chi connectivity index (χ1v) is 4.77. The summed E-state index contributed by atoms with van der Waals surface area (Å²) < 4.78 is 0. The SMILES string of the molecule is N#Cc1cccc(NC(=O)C2CC2N)c1. The Morgan fingerprint density at radius 3 is 2.93 bits per heavy atom. The van der Waals surface area contributed by atoms with Crippen molar-refractivity contribution >= 4 is 11.6 Å². The van der Waals surface area contributed by atoms with Crippen molar-refractivity contribution < 1.29 is 4.79 Å². The summed E-state index contributed by atoms with van der Waals surface area (Å²) in [5, 5.41) is 11.4. The van der Waals surface area contributed by atoms with Crippen LogP contribution in [0.25, 0.3) is 0 Å². The Balaban J connectivity index is 2.05. The number of hydrogen-bond acceptors (Lipinski definition) is 3. The second-order valence-electron chi connectivity index (χ2n) is 3.69. The van der Waals surface area contributed by atoms with E-state index in [2.05, 4.69) is 5.32 Å². The van der Waals surface area contributed by atoms with Gasteiger partial charge in [0.2, 0.25) is 5.91 Å². The first-order chi connectivity index (χ1) is 7.20. The fraction of sp³-hybridized carbons (Fsp3) is 0.273. The Labute approximate surface area is 87.7 Å². The average molecular weight is 201 g/mol. The molecule has 0 heterocycles.